The van der Waals surface area contributed by atoms with Crippen molar-refractivity contribution in [2.24, 2.45) is 0 Å². The molecule has 1 saturated heterocycles. The summed E-state index contributed by atoms with van der Waals surface area (Å²) < 4.78 is 0. The minimum Gasteiger partial charge on any atom is -0.307 e. The maximum atomic E-state index is 11.1. The fourth-order valence-electron chi connectivity index (χ4n) is 1.00. The molecule has 1 fully saturated rings. The van der Waals surface area contributed by atoms with E-state index in [9.17, 15) is 9.59 Å². The number of hydrogen-bond acceptors (Lipinski definition) is 4. The Kier molecular flexibility index (Phi) is 22.2. The van der Waals surface area contributed by atoms with Gasteiger partial charge in [-0.1, -0.05) is 34.6 Å². The number of hydroxylamine groups is 2. The highest BCUT2D eigenvalue weighted by Crippen LogP contribution is 2.07. The van der Waals surface area contributed by atoms with Crippen LogP contribution in [0.3, 0.4) is 0 Å². The molecule has 0 aromatic carbocycles. The van der Waals surface area contributed by atoms with E-state index in [1.807, 2.05) is 34.5 Å². The lowest BCUT2D eigenvalue weighted by Crippen LogP contribution is -2.38. The predicted molar refractivity (Wildman–Crippen MR) is 72.0 cm³/mol. The van der Waals surface area contributed by atoms with E-state index in [0.717, 1.165) is 6.42 Å². The summed E-state index contributed by atoms with van der Waals surface area (Å²) >= 11 is 0. The topological polar surface area (TPSA) is 63.7 Å². The molecule has 1 aliphatic heterocycles. The Bertz CT molecular complexity index is 207. The third kappa shape index (κ3) is 11.3. The van der Waals surface area contributed by atoms with Crippen molar-refractivity contribution in [3.8, 4) is 0 Å². The average molecular weight is 261 g/mol. The van der Waals surface area contributed by atoms with Crippen LogP contribution in [0.2, 0.25) is 0 Å². The second-order valence-electron chi connectivity index (χ2n) is 2.76. The number of nitrogens with zero attached hydrogens (tertiary/aromatic N) is 1. The molecular weight excluding hydrogens is 234 g/mol. The minimum absolute atomic E-state index is 0.0326. The molecule has 1 rings (SSSR count). The van der Waals surface area contributed by atoms with Gasteiger partial charge in [0.05, 0.1) is 6.61 Å². The largest absolute Gasteiger partial charge is 0.307 e. The van der Waals surface area contributed by atoms with Gasteiger partial charge >= 0.3 is 0 Å². The fraction of sp³-hybridized carbons (Fsp3) is 0.769. The van der Waals surface area contributed by atoms with Crippen LogP contribution in [0.4, 0.5) is 0 Å². The molecule has 0 aliphatic carbocycles. The molecule has 0 spiro atoms. The van der Waals surface area contributed by atoms with Crippen molar-refractivity contribution >= 4 is 18.5 Å². The van der Waals surface area contributed by atoms with E-state index < -0.39 is 0 Å². The van der Waals surface area contributed by atoms with E-state index in [1.165, 1.54) is 5.06 Å². The van der Waals surface area contributed by atoms with Gasteiger partial charge in [-0.15, -0.1) is 0 Å². The monoisotopic (exact) mass is 261 g/mol. The van der Waals surface area contributed by atoms with Crippen LogP contribution in [0.25, 0.3) is 0 Å². The molecule has 0 bridgehead atoms. The number of carbonyl (C=O) groups is 3. The molecular formula is C13H27NO4. The zero-order chi connectivity index (χ0) is 15.0. The Labute approximate surface area is 110 Å². The lowest BCUT2D eigenvalue weighted by molar-refractivity contribution is -0.198. The first kappa shape index (κ1) is 22.0. The molecule has 1 amide bonds. The van der Waals surface area contributed by atoms with Crippen molar-refractivity contribution in [3.63, 3.8) is 0 Å². The zero-order valence-electron chi connectivity index (χ0n) is 12.3. The number of carbonyl (C=O) groups excluding carboxylic acids is 3. The SMILES string of the molecule is C=O.CC.CC.CCC(=O)CN1OCCCC1=O. The van der Waals surface area contributed by atoms with Gasteiger partial charge in [-0.05, 0) is 6.42 Å². The Morgan fingerprint density at radius 1 is 1.28 bits per heavy atom. The number of rotatable bonds is 3. The fourth-order valence-corrected chi connectivity index (χ4v) is 1.00. The molecule has 18 heavy (non-hydrogen) atoms. The second-order valence-corrected chi connectivity index (χ2v) is 2.76. The van der Waals surface area contributed by atoms with Gasteiger partial charge in [-0.2, -0.15) is 0 Å². The van der Waals surface area contributed by atoms with Gasteiger partial charge in [-0.3, -0.25) is 14.4 Å². The molecule has 0 N–H and O–H groups in total. The standard InChI is InChI=1S/C8H13NO3.2C2H6.CH2O/c1-2-7(10)6-9-8(11)4-3-5-12-9;3*1-2/h2-6H2,1H3;2*1-2H3;1H2. The van der Waals surface area contributed by atoms with E-state index in [0.29, 0.717) is 19.4 Å². The highest BCUT2D eigenvalue weighted by atomic mass is 16.7. The van der Waals surface area contributed by atoms with Crippen LogP contribution in [0.15, 0.2) is 0 Å². The minimum atomic E-state index is -0.0805. The van der Waals surface area contributed by atoms with Gasteiger partial charge < -0.3 is 4.79 Å². The first-order valence-electron chi connectivity index (χ1n) is 6.48. The van der Waals surface area contributed by atoms with Crippen LogP contribution in [-0.2, 0) is 19.2 Å². The molecule has 5 nitrogen and oxygen atoms in total. The van der Waals surface area contributed by atoms with Crippen LogP contribution in [0, 0.1) is 0 Å². The second kappa shape index (κ2) is 18.1. The van der Waals surface area contributed by atoms with Gasteiger partial charge in [0.1, 0.15) is 13.3 Å². The summed E-state index contributed by atoms with van der Waals surface area (Å²) in [6.07, 6.45) is 1.71. The average Bonchev–Trinajstić information content (AvgIpc) is 2.47. The highest BCUT2D eigenvalue weighted by molar-refractivity contribution is 5.85. The summed E-state index contributed by atoms with van der Waals surface area (Å²) in [4.78, 5) is 35.1. The number of hydrogen-bond donors (Lipinski definition) is 0. The van der Waals surface area contributed by atoms with Crippen molar-refractivity contribution < 1.29 is 19.2 Å². The summed E-state index contributed by atoms with van der Waals surface area (Å²) in [6.45, 7) is 12.4. The quantitative estimate of drug-likeness (QED) is 0.782. The molecule has 108 valence electrons. The van der Waals surface area contributed by atoms with E-state index in [-0.39, 0.29) is 18.2 Å². The molecule has 0 radical (unpaired) electrons. The Hall–Kier alpha value is -1.23. The maximum Gasteiger partial charge on any atom is 0.246 e. The molecule has 0 saturated carbocycles. The van der Waals surface area contributed by atoms with Crippen molar-refractivity contribution in [2.45, 2.75) is 53.9 Å². The summed E-state index contributed by atoms with van der Waals surface area (Å²) in [5.41, 5.74) is 0. The number of amides is 1. The lowest BCUT2D eigenvalue weighted by atomic mass is 10.2. The summed E-state index contributed by atoms with van der Waals surface area (Å²) in [6, 6.07) is 0. The molecule has 1 aliphatic rings. The predicted octanol–water partition coefficient (Wildman–Crippen LogP) is 2.39. The van der Waals surface area contributed by atoms with Gasteiger partial charge in [0, 0.05) is 12.8 Å². The lowest BCUT2D eigenvalue weighted by Gasteiger charge is -2.24. The van der Waals surface area contributed by atoms with E-state index in [4.69, 9.17) is 9.63 Å². The first-order chi connectivity index (χ1) is 8.74. The van der Waals surface area contributed by atoms with Crippen LogP contribution >= 0.6 is 0 Å². The molecule has 1 heterocycles. The molecule has 0 unspecified atom stereocenters. The van der Waals surface area contributed by atoms with E-state index in [2.05, 4.69) is 0 Å². The summed E-state index contributed by atoms with van der Waals surface area (Å²) in [7, 11) is 0. The highest BCUT2D eigenvalue weighted by Gasteiger charge is 2.20. The third-order valence-corrected chi connectivity index (χ3v) is 1.77. The van der Waals surface area contributed by atoms with E-state index in [1.54, 1.807) is 6.92 Å². The van der Waals surface area contributed by atoms with Crippen LogP contribution in [-0.4, -0.2) is 36.7 Å². The van der Waals surface area contributed by atoms with Crippen molar-refractivity contribution in [1.29, 1.82) is 0 Å². The van der Waals surface area contributed by atoms with Crippen molar-refractivity contribution in [3.05, 3.63) is 0 Å². The van der Waals surface area contributed by atoms with Gasteiger partial charge in [0.2, 0.25) is 5.91 Å². The van der Waals surface area contributed by atoms with Gasteiger partial charge in [0.15, 0.2) is 5.78 Å². The Balaban J connectivity index is -0.000000328. The Morgan fingerprint density at radius 3 is 2.17 bits per heavy atom. The maximum absolute atomic E-state index is 11.1. The first-order valence-corrected chi connectivity index (χ1v) is 6.48. The zero-order valence-corrected chi connectivity index (χ0v) is 12.3. The normalized spacial score (nSPS) is 12.9. The summed E-state index contributed by atoms with van der Waals surface area (Å²) in [5, 5.41) is 1.18. The number of ketones is 1. The molecule has 5 heteroatoms. The molecule has 0 aromatic rings. The van der Waals surface area contributed by atoms with Gasteiger partial charge in [-0.25, -0.2) is 5.06 Å². The van der Waals surface area contributed by atoms with Crippen molar-refractivity contribution in [1.82, 2.24) is 5.06 Å². The van der Waals surface area contributed by atoms with Crippen molar-refractivity contribution in [2.75, 3.05) is 13.2 Å². The van der Waals surface area contributed by atoms with Gasteiger partial charge in [0.25, 0.3) is 0 Å². The van der Waals surface area contributed by atoms with Crippen LogP contribution in [0.1, 0.15) is 53.9 Å². The number of Topliss-reactive ketones (excluding diaryl/α,β-unsaturated/α-hetero) is 1. The third-order valence-electron chi connectivity index (χ3n) is 1.77. The van der Waals surface area contributed by atoms with E-state index >= 15 is 0 Å². The van der Waals surface area contributed by atoms with Crippen LogP contribution in [0.5, 0.6) is 0 Å². The summed E-state index contributed by atoms with van der Waals surface area (Å²) in [5.74, 6) is -0.0479. The molecule has 0 aromatic heterocycles. The smallest absolute Gasteiger partial charge is 0.246 e. The Morgan fingerprint density at radius 2 is 1.78 bits per heavy atom. The van der Waals surface area contributed by atoms with Crippen LogP contribution < -0.4 is 0 Å². The molecule has 0 atom stereocenters.